The molecule has 22 heavy (non-hydrogen) atoms. The Labute approximate surface area is 136 Å². The highest BCUT2D eigenvalue weighted by molar-refractivity contribution is 6.30. The van der Waals surface area contributed by atoms with E-state index in [1.54, 1.807) is 6.08 Å². The Morgan fingerprint density at radius 3 is 2.18 bits per heavy atom. The van der Waals surface area contributed by atoms with Gasteiger partial charge < -0.3 is 9.80 Å². The molecule has 1 fully saturated rings. The Morgan fingerprint density at radius 2 is 1.64 bits per heavy atom. The fourth-order valence-electron chi connectivity index (χ4n) is 2.31. The van der Waals surface area contributed by atoms with Gasteiger partial charge in [-0.25, -0.2) is 0 Å². The van der Waals surface area contributed by atoms with Gasteiger partial charge in [0.25, 0.3) is 0 Å². The van der Waals surface area contributed by atoms with Crippen LogP contribution in [-0.4, -0.2) is 43.0 Å². The number of rotatable bonds is 3. The van der Waals surface area contributed by atoms with Crippen LogP contribution in [0.15, 0.2) is 42.0 Å². The summed E-state index contributed by atoms with van der Waals surface area (Å²) in [6.07, 6.45) is 3.42. The predicted octanol–water partition coefficient (Wildman–Crippen LogP) is 2.90. The summed E-state index contributed by atoms with van der Waals surface area (Å²) in [5, 5.41) is 18.5. The number of likely N-dealkylation sites (N-methyl/N-ethyl adjacent to an activating group) is 1. The molecule has 112 valence electrons. The molecule has 1 saturated heterocycles. The summed E-state index contributed by atoms with van der Waals surface area (Å²) in [4.78, 5) is 4.55. The van der Waals surface area contributed by atoms with Crippen LogP contribution in [0, 0.1) is 22.7 Å². The maximum Gasteiger partial charge on any atom is 0.129 e. The summed E-state index contributed by atoms with van der Waals surface area (Å²) in [7, 11) is 2.10. The summed E-state index contributed by atoms with van der Waals surface area (Å²) in [5.74, 6) is 0. The van der Waals surface area contributed by atoms with Gasteiger partial charge in [-0.2, -0.15) is 10.5 Å². The minimum Gasteiger partial charge on any atom is -0.368 e. The van der Waals surface area contributed by atoms with Crippen LogP contribution in [0.3, 0.4) is 0 Å². The molecule has 0 N–H and O–H groups in total. The lowest BCUT2D eigenvalue weighted by molar-refractivity contribution is 0.207. The van der Waals surface area contributed by atoms with E-state index in [0.29, 0.717) is 5.02 Å². The van der Waals surface area contributed by atoms with Crippen LogP contribution < -0.4 is 0 Å². The predicted molar refractivity (Wildman–Crippen MR) is 87.8 cm³/mol. The van der Waals surface area contributed by atoms with Crippen molar-refractivity contribution >= 4 is 17.3 Å². The van der Waals surface area contributed by atoms with Crippen LogP contribution >= 0.6 is 11.6 Å². The molecule has 0 atom stereocenters. The molecular weight excluding hydrogens is 296 g/mol. The van der Waals surface area contributed by atoms with Crippen LogP contribution in [0.25, 0.3) is 5.70 Å². The Kier molecular flexibility index (Phi) is 5.61. The Bertz CT molecular complexity index is 637. The maximum atomic E-state index is 8.88. The van der Waals surface area contributed by atoms with Crippen molar-refractivity contribution in [2.45, 2.75) is 0 Å². The molecule has 5 heteroatoms. The molecule has 0 spiro atoms. The zero-order chi connectivity index (χ0) is 15.9. The lowest BCUT2D eigenvalue weighted by Crippen LogP contribution is -2.43. The van der Waals surface area contributed by atoms with Gasteiger partial charge in [-0.1, -0.05) is 23.7 Å². The molecule has 0 saturated carbocycles. The van der Waals surface area contributed by atoms with Crippen molar-refractivity contribution in [1.82, 2.24) is 9.80 Å². The van der Waals surface area contributed by atoms with Gasteiger partial charge >= 0.3 is 0 Å². The second kappa shape index (κ2) is 7.66. The van der Waals surface area contributed by atoms with Crippen LogP contribution in [-0.2, 0) is 0 Å². The first-order valence-electron chi connectivity index (χ1n) is 7.05. The molecule has 1 aromatic carbocycles. The van der Waals surface area contributed by atoms with Gasteiger partial charge in [0.1, 0.15) is 17.7 Å². The number of hydrogen-bond donors (Lipinski definition) is 0. The van der Waals surface area contributed by atoms with Gasteiger partial charge in [0, 0.05) is 36.9 Å². The largest absolute Gasteiger partial charge is 0.368 e. The number of allylic oxidation sites excluding steroid dienone is 3. The topological polar surface area (TPSA) is 54.1 Å². The summed E-state index contributed by atoms with van der Waals surface area (Å²) in [5.41, 5.74) is 2.13. The fourth-order valence-corrected chi connectivity index (χ4v) is 2.44. The highest BCUT2D eigenvalue weighted by Crippen LogP contribution is 2.23. The Morgan fingerprint density at radius 1 is 1.05 bits per heavy atom. The van der Waals surface area contributed by atoms with Crippen molar-refractivity contribution in [3.63, 3.8) is 0 Å². The number of hydrogen-bond acceptors (Lipinski definition) is 4. The Hall–Kier alpha value is -2.27. The first kappa shape index (κ1) is 16.1. The molecule has 0 amide bonds. The van der Waals surface area contributed by atoms with Gasteiger partial charge in [-0.15, -0.1) is 0 Å². The minimum absolute atomic E-state index is 0.0978. The van der Waals surface area contributed by atoms with Crippen molar-refractivity contribution in [3.8, 4) is 12.1 Å². The summed E-state index contributed by atoms with van der Waals surface area (Å²) in [6, 6.07) is 11.4. The third kappa shape index (κ3) is 4.11. The average molecular weight is 313 g/mol. The van der Waals surface area contributed by atoms with Gasteiger partial charge in [-0.05, 0) is 36.9 Å². The number of benzene rings is 1. The molecule has 1 aromatic rings. The third-order valence-corrected chi connectivity index (χ3v) is 3.88. The molecule has 2 rings (SSSR count). The van der Waals surface area contributed by atoms with Crippen LogP contribution in [0.4, 0.5) is 0 Å². The number of nitriles is 2. The number of piperazine rings is 1. The average Bonchev–Trinajstić information content (AvgIpc) is 2.54. The van der Waals surface area contributed by atoms with Crippen molar-refractivity contribution in [1.29, 1.82) is 10.5 Å². The second-order valence-corrected chi connectivity index (χ2v) is 5.59. The van der Waals surface area contributed by atoms with Crippen molar-refractivity contribution in [3.05, 3.63) is 52.6 Å². The normalized spacial score (nSPS) is 15.8. The first-order valence-corrected chi connectivity index (χ1v) is 7.43. The van der Waals surface area contributed by atoms with Crippen LogP contribution in [0.5, 0.6) is 0 Å². The van der Waals surface area contributed by atoms with E-state index < -0.39 is 0 Å². The molecule has 0 aromatic heterocycles. The number of nitrogens with zero attached hydrogens (tertiary/aromatic N) is 4. The van der Waals surface area contributed by atoms with Gasteiger partial charge in [0.2, 0.25) is 0 Å². The lowest BCUT2D eigenvalue weighted by Gasteiger charge is -2.35. The summed E-state index contributed by atoms with van der Waals surface area (Å²) < 4.78 is 0. The van der Waals surface area contributed by atoms with Gasteiger partial charge in [-0.3, -0.25) is 0 Å². The summed E-state index contributed by atoms with van der Waals surface area (Å²) >= 11 is 5.96. The van der Waals surface area contributed by atoms with E-state index in [0.717, 1.165) is 37.4 Å². The van der Waals surface area contributed by atoms with E-state index in [-0.39, 0.29) is 5.57 Å². The van der Waals surface area contributed by atoms with Crippen molar-refractivity contribution in [2.24, 2.45) is 0 Å². The monoisotopic (exact) mass is 312 g/mol. The first-order chi connectivity index (χ1) is 10.6. The van der Waals surface area contributed by atoms with Gasteiger partial charge in [0.15, 0.2) is 0 Å². The van der Waals surface area contributed by atoms with E-state index in [2.05, 4.69) is 16.8 Å². The lowest BCUT2D eigenvalue weighted by atomic mass is 10.1. The maximum absolute atomic E-state index is 8.88. The quantitative estimate of drug-likeness (QED) is 0.636. The number of halogens is 1. The van der Waals surface area contributed by atoms with Gasteiger partial charge in [0.05, 0.1) is 0 Å². The van der Waals surface area contributed by atoms with Crippen LogP contribution in [0.1, 0.15) is 5.56 Å². The van der Waals surface area contributed by atoms with Crippen LogP contribution in [0.2, 0.25) is 5.02 Å². The smallest absolute Gasteiger partial charge is 0.129 e. The third-order valence-electron chi connectivity index (χ3n) is 3.63. The molecule has 1 heterocycles. The highest BCUT2D eigenvalue weighted by Gasteiger charge is 2.17. The Balaban J connectivity index is 2.35. The minimum atomic E-state index is 0.0978. The molecule has 0 aliphatic carbocycles. The highest BCUT2D eigenvalue weighted by atomic mass is 35.5. The zero-order valence-corrected chi connectivity index (χ0v) is 13.2. The SMILES string of the molecule is CN1CCN(/C(=C\C=C(C#N)C#N)c2ccc(Cl)cc2)CC1. The molecule has 0 bridgehead atoms. The van der Waals surface area contributed by atoms with Crippen molar-refractivity contribution in [2.75, 3.05) is 33.2 Å². The van der Waals surface area contributed by atoms with E-state index in [1.807, 2.05) is 42.5 Å². The van der Waals surface area contributed by atoms with E-state index >= 15 is 0 Å². The van der Waals surface area contributed by atoms with E-state index in [1.165, 1.54) is 0 Å². The molecule has 1 aliphatic rings. The van der Waals surface area contributed by atoms with Crippen molar-refractivity contribution < 1.29 is 0 Å². The zero-order valence-electron chi connectivity index (χ0n) is 12.5. The van der Waals surface area contributed by atoms with E-state index in [9.17, 15) is 0 Å². The summed E-state index contributed by atoms with van der Waals surface area (Å²) in [6.45, 7) is 3.79. The molecule has 0 radical (unpaired) electrons. The van der Waals surface area contributed by atoms with E-state index in [4.69, 9.17) is 22.1 Å². The second-order valence-electron chi connectivity index (χ2n) is 5.15. The molecule has 0 unspecified atom stereocenters. The molecule has 1 aliphatic heterocycles. The molecule has 4 nitrogen and oxygen atoms in total. The standard InChI is InChI=1S/C17H17ClN4/c1-21-8-10-22(11-9-21)17(7-2-14(12-19)13-20)15-3-5-16(18)6-4-15/h2-7H,8-11H2,1H3/b17-7-. The fraction of sp³-hybridized carbons (Fsp3) is 0.294. The molecular formula is C17H17ClN4.